The molecule has 1 amide bonds. The van der Waals surface area contributed by atoms with Crippen LogP contribution in [-0.4, -0.2) is 10.9 Å². The summed E-state index contributed by atoms with van der Waals surface area (Å²) in [4.78, 5) is 18.0. The van der Waals surface area contributed by atoms with Crippen LogP contribution in [0.3, 0.4) is 0 Å². The molecule has 5 aromatic rings. The molecular weight excluding hydrogens is 556 g/mol. The Morgan fingerprint density at radius 1 is 1.00 bits per heavy atom. The molecule has 1 atom stereocenters. The third-order valence-electron chi connectivity index (χ3n) is 5.52. The van der Waals surface area contributed by atoms with Gasteiger partial charge in [-0.05, 0) is 77.0 Å². The molecule has 0 aliphatic rings. The van der Waals surface area contributed by atoms with Gasteiger partial charge >= 0.3 is 0 Å². The van der Waals surface area contributed by atoms with Crippen LogP contribution in [0, 0.1) is 12.3 Å². The molecule has 1 N–H and O–H groups in total. The molecule has 4 nitrogen and oxygen atoms in total. The van der Waals surface area contributed by atoms with E-state index in [9.17, 15) is 4.79 Å². The maximum atomic E-state index is 12.7. The van der Waals surface area contributed by atoms with Crippen molar-refractivity contribution in [3.05, 3.63) is 122 Å². The maximum absolute atomic E-state index is 12.7. The van der Waals surface area contributed by atoms with Gasteiger partial charge in [0.1, 0.15) is 5.75 Å². The number of carbonyl (C=O) groups excluding carboxylic acids is 1. The minimum absolute atomic E-state index is 0.260. The Morgan fingerprint density at radius 2 is 1.72 bits per heavy atom. The number of carbonyl (C=O) groups is 1. The van der Waals surface area contributed by atoms with E-state index < -0.39 is 6.10 Å². The maximum Gasteiger partial charge on any atom is 0.257 e. The molecule has 0 spiro atoms. The van der Waals surface area contributed by atoms with E-state index in [1.54, 1.807) is 30.5 Å². The molecule has 0 aliphatic heterocycles. The topological polar surface area (TPSA) is 51.2 Å². The molecule has 0 radical (unpaired) electrons. The molecule has 1 unspecified atom stereocenters. The highest BCUT2D eigenvalue weighted by Gasteiger charge is 2.21. The number of thiazole rings is 1. The van der Waals surface area contributed by atoms with Crippen LogP contribution in [-0.2, 0) is 0 Å². The van der Waals surface area contributed by atoms with Gasteiger partial charge in [-0.1, -0.05) is 69.1 Å². The first-order valence-corrected chi connectivity index (χ1v) is 12.9. The Balaban J connectivity index is 1.42. The molecule has 1 aromatic heterocycles. The summed E-state index contributed by atoms with van der Waals surface area (Å²) in [7, 11) is 0. The van der Waals surface area contributed by atoms with Crippen LogP contribution in [0.1, 0.15) is 32.5 Å². The van der Waals surface area contributed by atoms with E-state index in [4.69, 9.17) is 22.8 Å². The van der Waals surface area contributed by atoms with Crippen LogP contribution in [0.4, 0.5) is 5.13 Å². The molecule has 0 saturated carbocycles. The smallest absolute Gasteiger partial charge is 0.257 e. The number of fused-ring (bicyclic) bond motifs is 1. The number of anilines is 1. The third kappa shape index (κ3) is 5.44. The fourth-order valence-electron chi connectivity index (χ4n) is 3.68. The van der Waals surface area contributed by atoms with Gasteiger partial charge < -0.3 is 4.74 Å². The molecule has 1 heterocycles. The standard InChI is InChI=1S/C29H18BrClN2O2S/c1-2-18-3-5-20(6-4-18)28(34)33-29-32-17-26(36-29)27(19-8-12-24(31)13-9-19)35-25-14-10-21-15-23(30)11-7-22(21)16-25/h1,3-17,27H,(H,32,33,34). The number of ether oxygens (including phenoxy) is 1. The van der Waals surface area contributed by atoms with Crippen molar-refractivity contribution in [2.24, 2.45) is 0 Å². The van der Waals surface area contributed by atoms with Crippen molar-refractivity contribution >= 4 is 60.7 Å². The fraction of sp³-hybridized carbons (Fsp3) is 0.0345. The quantitative estimate of drug-likeness (QED) is 0.209. The number of amides is 1. The normalized spacial score (nSPS) is 11.6. The summed E-state index contributed by atoms with van der Waals surface area (Å²) in [5, 5.41) is 6.15. The Labute approximate surface area is 226 Å². The van der Waals surface area contributed by atoms with E-state index in [1.165, 1.54) is 11.3 Å². The average Bonchev–Trinajstić information content (AvgIpc) is 3.36. The van der Waals surface area contributed by atoms with Crippen LogP contribution in [0.5, 0.6) is 5.75 Å². The minimum Gasteiger partial charge on any atom is -0.480 e. The van der Waals surface area contributed by atoms with E-state index in [0.717, 1.165) is 31.4 Å². The molecule has 0 bridgehead atoms. The van der Waals surface area contributed by atoms with E-state index in [0.29, 0.717) is 21.3 Å². The van der Waals surface area contributed by atoms with Crippen molar-refractivity contribution in [3.8, 4) is 18.1 Å². The Morgan fingerprint density at radius 3 is 2.47 bits per heavy atom. The van der Waals surface area contributed by atoms with Gasteiger partial charge in [0.15, 0.2) is 11.2 Å². The molecule has 0 saturated heterocycles. The number of benzene rings is 4. The van der Waals surface area contributed by atoms with Crippen molar-refractivity contribution in [3.63, 3.8) is 0 Å². The number of hydrogen-bond donors (Lipinski definition) is 1. The lowest BCUT2D eigenvalue weighted by Crippen LogP contribution is -2.11. The molecule has 5 rings (SSSR count). The van der Waals surface area contributed by atoms with Gasteiger partial charge in [0.2, 0.25) is 0 Å². The average molecular weight is 574 g/mol. The van der Waals surface area contributed by atoms with Crippen molar-refractivity contribution < 1.29 is 9.53 Å². The molecule has 4 aromatic carbocycles. The van der Waals surface area contributed by atoms with Crippen LogP contribution < -0.4 is 10.1 Å². The Bertz CT molecular complexity index is 1590. The van der Waals surface area contributed by atoms with E-state index >= 15 is 0 Å². The lowest BCUT2D eigenvalue weighted by atomic mass is 10.1. The summed E-state index contributed by atoms with van der Waals surface area (Å²) in [5.74, 6) is 3.00. The van der Waals surface area contributed by atoms with Gasteiger partial charge in [-0.2, -0.15) is 0 Å². The number of rotatable bonds is 6. The van der Waals surface area contributed by atoms with Crippen LogP contribution in [0.2, 0.25) is 5.02 Å². The number of nitrogens with one attached hydrogen (secondary N) is 1. The van der Waals surface area contributed by atoms with Crippen LogP contribution in [0.15, 0.2) is 95.6 Å². The minimum atomic E-state index is -0.437. The number of halogens is 2. The first kappa shape index (κ1) is 24.1. The lowest BCUT2D eigenvalue weighted by Gasteiger charge is -2.19. The molecule has 7 heteroatoms. The summed E-state index contributed by atoms with van der Waals surface area (Å²) in [6.07, 6.45) is 6.68. The number of aromatic nitrogens is 1. The highest BCUT2D eigenvalue weighted by molar-refractivity contribution is 9.10. The Hall–Kier alpha value is -3.63. The summed E-state index contributed by atoms with van der Waals surface area (Å²) in [6, 6.07) is 26.4. The van der Waals surface area contributed by atoms with Crippen LogP contribution in [0.25, 0.3) is 10.8 Å². The molecular formula is C29H18BrClN2O2S. The number of terminal acetylenes is 1. The molecule has 0 aliphatic carbocycles. The first-order valence-electron chi connectivity index (χ1n) is 10.9. The van der Waals surface area contributed by atoms with Crippen molar-refractivity contribution in [1.29, 1.82) is 0 Å². The summed E-state index contributed by atoms with van der Waals surface area (Å²) < 4.78 is 7.50. The van der Waals surface area contributed by atoms with E-state index in [2.05, 4.69) is 38.2 Å². The second-order valence-electron chi connectivity index (χ2n) is 7.95. The van der Waals surface area contributed by atoms with Gasteiger partial charge in [0.05, 0.1) is 4.88 Å². The Kier molecular flexibility index (Phi) is 7.06. The van der Waals surface area contributed by atoms with Gasteiger partial charge in [-0.3, -0.25) is 10.1 Å². The third-order valence-corrected chi connectivity index (χ3v) is 7.22. The van der Waals surface area contributed by atoms with Gasteiger partial charge in [0, 0.05) is 26.8 Å². The number of hydrogen-bond acceptors (Lipinski definition) is 4. The lowest BCUT2D eigenvalue weighted by molar-refractivity contribution is 0.102. The van der Waals surface area contributed by atoms with Crippen molar-refractivity contribution in [1.82, 2.24) is 4.98 Å². The predicted molar refractivity (Wildman–Crippen MR) is 150 cm³/mol. The first-order chi connectivity index (χ1) is 17.5. The zero-order valence-electron chi connectivity index (χ0n) is 18.7. The zero-order chi connectivity index (χ0) is 25.1. The monoisotopic (exact) mass is 572 g/mol. The van der Waals surface area contributed by atoms with Crippen LogP contribution >= 0.6 is 38.9 Å². The predicted octanol–water partition coefficient (Wildman–Crippen LogP) is 8.11. The highest BCUT2D eigenvalue weighted by Crippen LogP contribution is 2.35. The van der Waals surface area contributed by atoms with Crippen molar-refractivity contribution in [2.45, 2.75) is 6.10 Å². The van der Waals surface area contributed by atoms with Crippen molar-refractivity contribution in [2.75, 3.05) is 5.32 Å². The summed E-state index contributed by atoms with van der Waals surface area (Å²) >= 11 is 11.0. The molecule has 176 valence electrons. The number of nitrogens with zero attached hydrogens (tertiary/aromatic N) is 1. The van der Waals surface area contributed by atoms with Gasteiger partial charge in [-0.15, -0.1) is 6.42 Å². The second-order valence-corrected chi connectivity index (χ2v) is 10.4. The second kappa shape index (κ2) is 10.5. The molecule has 0 fully saturated rings. The summed E-state index contributed by atoms with van der Waals surface area (Å²) in [5.41, 5.74) is 2.13. The summed E-state index contributed by atoms with van der Waals surface area (Å²) in [6.45, 7) is 0. The SMILES string of the molecule is C#Cc1ccc(C(=O)Nc2ncc(C(Oc3ccc4cc(Br)ccc4c3)c3ccc(Cl)cc3)s2)cc1. The zero-order valence-corrected chi connectivity index (χ0v) is 21.9. The highest BCUT2D eigenvalue weighted by atomic mass is 79.9. The molecule has 36 heavy (non-hydrogen) atoms. The van der Waals surface area contributed by atoms with Gasteiger partial charge in [-0.25, -0.2) is 4.98 Å². The largest absolute Gasteiger partial charge is 0.480 e. The van der Waals surface area contributed by atoms with E-state index in [-0.39, 0.29) is 5.91 Å². The van der Waals surface area contributed by atoms with Gasteiger partial charge in [0.25, 0.3) is 5.91 Å². The fourth-order valence-corrected chi connectivity index (χ4v) is 5.06. The van der Waals surface area contributed by atoms with E-state index in [1.807, 2.05) is 54.6 Å².